The first kappa shape index (κ1) is 19.3. The first-order chi connectivity index (χ1) is 12.0. The second-order valence-electron chi connectivity index (χ2n) is 5.46. The predicted octanol–water partition coefficient (Wildman–Crippen LogP) is 3.60. The van der Waals surface area contributed by atoms with Gasteiger partial charge in [0.2, 0.25) is 0 Å². The average molecular weight is 368 g/mol. The van der Waals surface area contributed by atoms with Gasteiger partial charge < -0.3 is 10.1 Å². The Morgan fingerprint density at radius 2 is 2.04 bits per heavy atom. The molecule has 4 nitrogen and oxygen atoms in total. The summed E-state index contributed by atoms with van der Waals surface area (Å²) in [6.07, 6.45) is 0. The fourth-order valence-electron chi connectivity index (χ4n) is 2.58. The van der Waals surface area contributed by atoms with Crippen LogP contribution in [-0.2, 0) is 4.79 Å². The number of nitrogens with one attached hydrogen (secondary N) is 1. The van der Waals surface area contributed by atoms with Crippen LogP contribution in [0.1, 0.15) is 25.5 Å². The summed E-state index contributed by atoms with van der Waals surface area (Å²) >= 11 is 1.61. The average Bonchev–Trinajstić information content (AvgIpc) is 3.12. The Morgan fingerprint density at radius 3 is 2.64 bits per heavy atom. The third kappa shape index (κ3) is 5.51. The zero-order chi connectivity index (χ0) is 18.2. The third-order valence-corrected chi connectivity index (χ3v) is 4.63. The molecule has 0 aliphatic rings. The van der Waals surface area contributed by atoms with Crippen LogP contribution in [0.5, 0.6) is 5.75 Å². The van der Waals surface area contributed by atoms with Gasteiger partial charge in [0.1, 0.15) is 5.82 Å². The van der Waals surface area contributed by atoms with Crippen LogP contribution in [0.25, 0.3) is 0 Å². The summed E-state index contributed by atoms with van der Waals surface area (Å²) in [6, 6.07) is 5.10. The second kappa shape index (κ2) is 9.48. The topological polar surface area (TPSA) is 41.6 Å². The monoisotopic (exact) mass is 368 g/mol. The largest absolute Gasteiger partial charge is 0.481 e. The Balaban J connectivity index is 1.90. The lowest BCUT2D eigenvalue weighted by molar-refractivity contribution is -0.123. The molecule has 25 heavy (non-hydrogen) atoms. The van der Waals surface area contributed by atoms with Crippen molar-refractivity contribution in [3.63, 3.8) is 0 Å². The van der Waals surface area contributed by atoms with E-state index in [0.717, 1.165) is 30.8 Å². The van der Waals surface area contributed by atoms with Gasteiger partial charge in [0.15, 0.2) is 18.2 Å². The number of benzene rings is 1. The summed E-state index contributed by atoms with van der Waals surface area (Å²) in [4.78, 5) is 14.3. The molecule has 1 heterocycles. The molecule has 0 saturated carbocycles. The number of nitrogens with zero attached hydrogens (tertiary/aromatic N) is 1. The minimum absolute atomic E-state index is 0.0766. The minimum Gasteiger partial charge on any atom is -0.481 e. The van der Waals surface area contributed by atoms with Crippen LogP contribution in [-0.4, -0.2) is 37.0 Å². The van der Waals surface area contributed by atoms with Gasteiger partial charge in [-0.15, -0.1) is 0 Å². The molecular weight excluding hydrogens is 346 g/mol. The highest BCUT2D eigenvalue weighted by Gasteiger charge is 2.19. The number of thiophene rings is 1. The van der Waals surface area contributed by atoms with Crippen molar-refractivity contribution >= 4 is 17.2 Å². The summed E-state index contributed by atoms with van der Waals surface area (Å²) in [5.74, 6) is -2.01. The van der Waals surface area contributed by atoms with Gasteiger partial charge in [0.25, 0.3) is 5.91 Å². The van der Waals surface area contributed by atoms with Crippen molar-refractivity contribution in [1.82, 2.24) is 10.2 Å². The van der Waals surface area contributed by atoms with E-state index in [1.165, 1.54) is 6.07 Å². The van der Waals surface area contributed by atoms with Crippen molar-refractivity contribution in [3.8, 4) is 5.75 Å². The molecule has 1 N–H and O–H groups in total. The van der Waals surface area contributed by atoms with E-state index in [1.807, 2.05) is 11.4 Å². The molecule has 0 bridgehead atoms. The minimum atomic E-state index is -0.827. The van der Waals surface area contributed by atoms with Crippen molar-refractivity contribution < 1.29 is 18.3 Å². The van der Waals surface area contributed by atoms with Crippen LogP contribution < -0.4 is 10.1 Å². The van der Waals surface area contributed by atoms with Crippen LogP contribution in [0, 0.1) is 11.6 Å². The number of halogens is 2. The zero-order valence-electron chi connectivity index (χ0n) is 14.3. The molecule has 7 heteroatoms. The van der Waals surface area contributed by atoms with Crippen molar-refractivity contribution in [2.75, 3.05) is 26.2 Å². The van der Waals surface area contributed by atoms with Gasteiger partial charge in [-0.1, -0.05) is 13.8 Å². The maximum atomic E-state index is 13.5. The molecule has 1 atom stereocenters. The summed E-state index contributed by atoms with van der Waals surface area (Å²) in [6.45, 7) is 5.99. The Labute approximate surface area is 150 Å². The molecule has 0 fully saturated rings. The molecule has 0 aliphatic heterocycles. The summed E-state index contributed by atoms with van der Waals surface area (Å²) < 4.78 is 31.5. The maximum Gasteiger partial charge on any atom is 0.258 e. The van der Waals surface area contributed by atoms with Crippen molar-refractivity contribution in [3.05, 3.63) is 52.2 Å². The van der Waals surface area contributed by atoms with Gasteiger partial charge in [-0.05, 0) is 47.6 Å². The third-order valence-electron chi connectivity index (χ3n) is 3.93. The molecule has 0 spiro atoms. The first-order valence-corrected chi connectivity index (χ1v) is 9.10. The molecular formula is C18H22F2N2O2S. The van der Waals surface area contributed by atoms with Gasteiger partial charge in [0, 0.05) is 12.6 Å². The maximum absolute atomic E-state index is 13.5. The first-order valence-electron chi connectivity index (χ1n) is 8.15. The van der Waals surface area contributed by atoms with Crippen LogP contribution >= 0.6 is 11.3 Å². The predicted molar refractivity (Wildman–Crippen MR) is 94.8 cm³/mol. The number of rotatable bonds is 9. The highest BCUT2D eigenvalue weighted by molar-refractivity contribution is 7.07. The lowest BCUT2D eigenvalue weighted by atomic mass is 10.1. The number of ether oxygens (including phenoxy) is 1. The molecule has 1 unspecified atom stereocenters. The lowest BCUT2D eigenvalue weighted by Crippen LogP contribution is -2.39. The molecule has 2 rings (SSSR count). The fraction of sp³-hybridized carbons (Fsp3) is 0.389. The standard InChI is InChI=1S/C18H22F2N2O2S/c1-3-22(4-2)16(13-7-8-25-12-13)10-21-18(23)11-24-17-6-5-14(19)9-15(17)20/h5-9,12,16H,3-4,10-11H2,1-2H3,(H,21,23). The van der Waals surface area contributed by atoms with E-state index in [-0.39, 0.29) is 24.3 Å². The number of amides is 1. The van der Waals surface area contributed by atoms with E-state index in [9.17, 15) is 13.6 Å². The van der Waals surface area contributed by atoms with E-state index in [2.05, 4.69) is 29.4 Å². The highest BCUT2D eigenvalue weighted by atomic mass is 32.1. The van der Waals surface area contributed by atoms with E-state index in [4.69, 9.17) is 4.74 Å². The zero-order valence-corrected chi connectivity index (χ0v) is 15.1. The van der Waals surface area contributed by atoms with E-state index < -0.39 is 11.6 Å². The van der Waals surface area contributed by atoms with Crippen LogP contribution in [0.2, 0.25) is 0 Å². The number of carbonyl (C=O) groups is 1. The van der Waals surface area contributed by atoms with Crippen molar-refractivity contribution in [2.24, 2.45) is 0 Å². The number of likely N-dealkylation sites (N-methyl/N-ethyl adjacent to an activating group) is 1. The molecule has 1 aromatic heterocycles. The normalized spacial score (nSPS) is 12.2. The SMILES string of the molecule is CCN(CC)C(CNC(=O)COc1ccc(F)cc1F)c1ccsc1. The summed E-state index contributed by atoms with van der Waals surface area (Å²) in [7, 11) is 0. The van der Waals surface area contributed by atoms with Crippen LogP contribution in [0.3, 0.4) is 0 Å². The number of carbonyl (C=O) groups excluding carboxylic acids is 1. The van der Waals surface area contributed by atoms with Gasteiger partial charge in [0.05, 0.1) is 6.04 Å². The van der Waals surface area contributed by atoms with Gasteiger partial charge in [-0.25, -0.2) is 8.78 Å². The summed E-state index contributed by atoms with van der Waals surface area (Å²) in [5, 5.41) is 6.90. The Kier molecular flexibility index (Phi) is 7.33. The number of hydrogen-bond acceptors (Lipinski definition) is 4. The molecule has 1 amide bonds. The molecule has 1 aromatic carbocycles. The van der Waals surface area contributed by atoms with Crippen LogP contribution in [0.15, 0.2) is 35.0 Å². The fourth-order valence-corrected chi connectivity index (χ4v) is 3.29. The second-order valence-corrected chi connectivity index (χ2v) is 6.24. The van der Waals surface area contributed by atoms with Crippen molar-refractivity contribution in [2.45, 2.75) is 19.9 Å². The Morgan fingerprint density at radius 1 is 1.28 bits per heavy atom. The Hall–Kier alpha value is -1.99. The van der Waals surface area contributed by atoms with E-state index in [0.29, 0.717) is 6.54 Å². The molecule has 136 valence electrons. The number of hydrogen-bond donors (Lipinski definition) is 1. The Bertz CT molecular complexity index is 676. The van der Waals surface area contributed by atoms with Gasteiger partial charge >= 0.3 is 0 Å². The van der Waals surface area contributed by atoms with Gasteiger partial charge in [-0.3, -0.25) is 9.69 Å². The van der Waals surface area contributed by atoms with E-state index in [1.54, 1.807) is 11.3 Å². The summed E-state index contributed by atoms with van der Waals surface area (Å²) in [5.41, 5.74) is 1.15. The van der Waals surface area contributed by atoms with E-state index >= 15 is 0 Å². The quantitative estimate of drug-likeness (QED) is 0.735. The van der Waals surface area contributed by atoms with Gasteiger partial charge in [-0.2, -0.15) is 11.3 Å². The lowest BCUT2D eigenvalue weighted by Gasteiger charge is -2.29. The van der Waals surface area contributed by atoms with Crippen molar-refractivity contribution in [1.29, 1.82) is 0 Å². The van der Waals surface area contributed by atoms with Crippen LogP contribution in [0.4, 0.5) is 8.78 Å². The molecule has 0 saturated heterocycles. The molecule has 0 radical (unpaired) electrons. The smallest absolute Gasteiger partial charge is 0.258 e. The molecule has 2 aromatic rings. The molecule has 0 aliphatic carbocycles. The highest BCUT2D eigenvalue weighted by Crippen LogP contribution is 2.22.